The third-order valence-electron chi connectivity index (χ3n) is 5.85. The molecule has 56 heavy (non-hydrogen) atoms. The molecule has 4 rings (SSSR count). The van der Waals surface area contributed by atoms with E-state index in [1.807, 2.05) is 34.6 Å². The average molecular weight is 888 g/mol. The molecule has 22 nitrogen and oxygen atoms in total. The van der Waals surface area contributed by atoms with Gasteiger partial charge in [0.25, 0.3) is 10.0 Å². The Hall–Kier alpha value is -4.68. The largest absolute Gasteiger partial charge is 0.489 e. The summed E-state index contributed by atoms with van der Waals surface area (Å²) in [4.78, 5) is 71.4. The van der Waals surface area contributed by atoms with Gasteiger partial charge in [0.2, 0.25) is 11.8 Å². The number of benzene rings is 1. The zero-order valence-electron chi connectivity index (χ0n) is 30.4. The smallest absolute Gasteiger partial charge is 0.442 e. The van der Waals surface area contributed by atoms with Gasteiger partial charge in [-0.05, 0) is 38.3 Å². The second-order valence-corrected chi connectivity index (χ2v) is 17.1. The second-order valence-electron chi connectivity index (χ2n) is 12.1. The first-order valence-electron chi connectivity index (χ1n) is 15.4. The first-order valence-corrected chi connectivity index (χ1v) is 20.3. The number of urea groups is 1. The van der Waals surface area contributed by atoms with Crippen LogP contribution in [0.4, 0.5) is 10.7 Å². The van der Waals surface area contributed by atoms with Crippen molar-refractivity contribution in [3.8, 4) is 17.4 Å². The van der Waals surface area contributed by atoms with Gasteiger partial charge >= 0.3 is 37.3 Å². The molecular formula is C29H37Cl2N8O14PS2. The molecule has 0 unspecified atom stereocenters. The van der Waals surface area contributed by atoms with E-state index in [0.29, 0.717) is 22.4 Å². The summed E-state index contributed by atoms with van der Waals surface area (Å²) < 4.78 is 52.7. The van der Waals surface area contributed by atoms with Crippen LogP contribution in [0.3, 0.4) is 0 Å². The number of aryl methyl sites for hydroxylation is 1. The Morgan fingerprint density at radius 3 is 2.25 bits per heavy atom. The van der Waals surface area contributed by atoms with Crippen molar-refractivity contribution in [3.63, 3.8) is 0 Å². The molecule has 0 aliphatic carbocycles. The fourth-order valence-electron chi connectivity index (χ4n) is 3.64. The summed E-state index contributed by atoms with van der Waals surface area (Å²) in [7, 11) is -7.16. The van der Waals surface area contributed by atoms with E-state index in [4.69, 9.17) is 57.1 Å². The van der Waals surface area contributed by atoms with Crippen molar-refractivity contribution < 1.29 is 61.3 Å². The molecule has 1 aromatic carbocycles. The monoisotopic (exact) mass is 886 g/mol. The normalized spacial score (nSPS) is 11.4. The van der Waals surface area contributed by atoms with Crippen molar-refractivity contribution in [1.29, 1.82) is 0 Å². The van der Waals surface area contributed by atoms with Crippen LogP contribution in [0.25, 0.3) is 5.69 Å². The lowest BCUT2D eigenvalue weighted by molar-refractivity contribution is -0.135. The quantitative estimate of drug-likeness (QED) is 0.100. The number of rotatable bonds is 12. The first kappa shape index (κ1) is 47.5. The zero-order chi connectivity index (χ0) is 42.8. The first-order chi connectivity index (χ1) is 25.7. The summed E-state index contributed by atoms with van der Waals surface area (Å²) in [5.74, 6) is -2.39. The number of aromatic nitrogens is 5. The molecule has 3 heterocycles. The molecule has 2 amide bonds. The van der Waals surface area contributed by atoms with Gasteiger partial charge in [-0.15, -0.1) is 16.4 Å². The fraction of sp³-hybridized carbons (Fsp3) is 0.379. The molecule has 0 bridgehead atoms. The molecular weight excluding hydrogens is 850 g/mol. The van der Waals surface area contributed by atoms with Crippen LogP contribution < -0.4 is 30.6 Å². The van der Waals surface area contributed by atoms with Crippen molar-refractivity contribution in [3.05, 3.63) is 60.8 Å². The summed E-state index contributed by atoms with van der Waals surface area (Å²) in [5.41, 5.74) is -0.0217. The van der Waals surface area contributed by atoms with Crippen molar-refractivity contribution in [2.24, 2.45) is 0 Å². The lowest BCUT2D eigenvalue weighted by atomic mass is 9.97. The van der Waals surface area contributed by atoms with Crippen LogP contribution in [0.2, 0.25) is 10.0 Å². The van der Waals surface area contributed by atoms with E-state index in [9.17, 15) is 32.2 Å². The minimum atomic E-state index is -4.37. The van der Waals surface area contributed by atoms with Gasteiger partial charge in [0.15, 0.2) is 0 Å². The maximum Gasteiger partial charge on any atom is 0.442 e. The molecule has 0 spiro atoms. The fourth-order valence-corrected chi connectivity index (χ4v) is 6.72. The van der Waals surface area contributed by atoms with Crippen molar-refractivity contribution in [2.75, 3.05) is 25.3 Å². The van der Waals surface area contributed by atoms with Crippen LogP contribution in [0, 0.1) is 6.92 Å². The van der Waals surface area contributed by atoms with Crippen LogP contribution in [-0.4, -0.2) is 97.2 Å². The molecule has 4 aromatic rings. The van der Waals surface area contributed by atoms with Crippen molar-refractivity contribution >= 4 is 76.1 Å². The maximum atomic E-state index is 12.1. The number of aliphatic carboxylic acids is 1. The second kappa shape index (κ2) is 20.0. The number of carboxylic acid groups (broad SMARTS) is 2. The number of nitrogens with one attached hydrogen (secondary N) is 3. The number of hydrogen-bond donors (Lipinski definition) is 7. The van der Waals surface area contributed by atoms with Crippen molar-refractivity contribution in [1.82, 2.24) is 34.8 Å². The van der Waals surface area contributed by atoms with E-state index >= 15 is 0 Å². The van der Waals surface area contributed by atoms with Crippen LogP contribution in [0.5, 0.6) is 11.8 Å². The van der Waals surface area contributed by atoms with Crippen LogP contribution in [0.1, 0.15) is 56.0 Å². The van der Waals surface area contributed by atoms with Crippen LogP contribution >= 0.6 is 42.1 Å². The van der Waals surface area contributed by atoms with E-state index in [1.165, 1.54) is 25.5 Å². The van der Waals surface area contributed by atoms with E-state index in [0.717, 1.165) is 22.1 Å². The Balaban J connectivity index is 0.000000314. The Kier molecular flexibility index (Phi) is 16.9. The molecule has 3 aromatic heterocycles. The van der Waals surface area contributed by atoms with Gasteiger partial charge in [0.1, 0.15) is 21.3 Å². The van der Waals surface area contributed by atoms with E-state index in [-0.39, 0.29) is 34.3 Å². The molecule has 0 saturated heterocycles. The molecule has 0 saturated carbocycles. The lowest BCUT2D eigenvalue weighted by Crippen LogP contribution is -2.35. The van der Waals surface area contributed by atoms with Gasteiger partial charge in [-0.2, -0.15) is 19.6 Å². The molecule has 0 fully saturated rings. The lowest BCUT2D eigenvalue weighted by Gasteiger charge is -2.13. The Labute approximate surface area is 332 Å². The predicted octanol–water partition coefficient (Wildman–Crippen LogP) is 3.47. The molecule has 27 heteroatoms. The third-order valence-corrected chi connectivity index (χ3v) is 9.49. The maximum absolute atomic E-state index is 12.1. The van der Waals surface area contributed by atoms with Gasteiger partial charge in [0.05, 0.1) is 41.8 Å². The number of thiophene rings is 1. The highest BCUT2D eigenvalue weighted by molar-refractivity contribution is 7.90. The predicted molar refractivity (Wildman–Crippen MR) is 201 cm³/mol. The third kappa shape index (κ3) is 15.1. The number of hydrogen-bond acceptors (Lipinski definition) is 16. The number of ether oxygens (including phenoxy) is 2. The molecule has 0 aliphatic rings. The van der Waals surface area contributed by atoms with Gasteiger partial charge in [0, 0.05) is 11.5 Å². The molecule has 0 aliphatic heterocycles. The highest BCUT2D eigenvalue weighted by Crippen LogP contribution is 2.34. The number of carboxylic acids is 2. The minimum absolute atomic E-state index is 0.0633. The van der Waals surface area contributed by atoms with Gasteiger partial charge in [-0.25, -0.2) is 27.5 Å². The SMILES string of the molecule is CC(C)Oc1cc(-n2nc(C(C)(C)C)oc2=O)c(Cl)cc1Cl.COc1nc(C)nc(NC(=O)NS(=O)(=O)c2ccsc2C(=O)O)n1.O=C(O)CNCP(=O)(O)O. The van der Waals surface area contributed by atoms with Gasteiger partial charge in [-0.3, -0.25) is 20.0 Å². The number of amides is 2. The van der Waals surface area contributed by atoms with Crippen LogP contribution in [-0.2, 0) is 24.8 Å². The summed E-state index contributed by atoms with van der Waals surface area (Å²) >= 11 is 13.0. The number of methoxy groups -OCH3 is 1. The van der Waals surface area contributed by atoms with Crippen molar-refractivity contribution in [2.45, 2.75) is 58.0 Å². The Morgan fingerprint density at radius 1 is 1.09 bits per heavy atom. The number of aromatic carboxylic acids is 1. The van der Waals surface area contributed by atoms with Gasteiger partial charge in [-0.1, -0.05) is 44.0 Å². The number of carbonyl (C=O) groups is 3. The average Bonchev–Trinajstić information content (AvgIpc) is 3.70. The molecule has 308 valence electrons. The minimum Gasteiger partial charge on any atom is -0.489 e. The summed E-state index contributed by atoms with van der Waals surface area (Å²) in [5, 5.41) is 27.3. The number of sulfonamides is 1. The topological polar surface area (TPSA) is 325 Å². The van der Waals surface area contributed by atoms with E-state index in [1.54, 1.807) is 10.8 Å². The number of nitrogens with zero attached hydrogens (tertiary/aromatic N) is 5. The highest BCUT2D eigenvalue weighted by Gasteiger charge is 2.27. The van der Waals surface area contributed by atoms with Crippen LogP contribution in [0.15, 0.2) is 37.7 Å². The standard InChI is InChI=1S/C15H18Cl2N2O3.C11H11N5O6S2.C3H8NO5P/c1-8(2)21-12-7-11(9(16)6-10(12)17)19-14(20)22-13(18-19)15(3,4)5;1-5-12-9(15-11(13-5)22-2)14-10(19)16-24(20,21)6-3-4-23-7(6)8(17)18;5-3(6)1-4-2-10(7,8)9/h6-8H,1-5H3;3-4H,1-2H3,(H,17,18)(H2,12,13,14,15,16,19);4H,1-2H2,(H,5,6)(H2,7,8,9). The number of halogens is 2. The Bertz CT molecular complexity index is 2250. The molecule has 0 radical (unpaired) electrons. The highest BCUT2D eigenvalue weighted by atomic mass is 35.5. The van der Waals surface area contributed by atoms with E-state index < -0.39 is 63.9 Å². The molecule has 7 N–H and O–H groups in total. The molecule has 0 atom stereocenters. The van der Waals surface area contributed by atoms with E-state index in [2.05, 4.69) is 30.7 Å². The summed E-state index contributed by atoms with van der Waals surface area (Å²) in [6.45, 7) is 10.5. The number of anilines is 1. The zero-order valence-corrected chi connectivity index (χ0v) is 34.5. The summed E-state index contributed by atoms with van der Waals surface area (Å²) in [6, 6.07) is 2.96. The Morgan fingerprint density at radius 2 is 1.73 bits per heavy atom. The van der Waals surface area contributed by atoms with Gasteiger partial charge < -0.3 is 33.9 Å². The number of carbonyl (C=O) groups excluding carboxylic acids is 1. The summed E-state index contributed by atoms with van der Waals surface area (Å²) in [6.07, 6.45) is -0.662.